The molecule has 16 heavy (non-hydrogen) atoms. The molecule has 0 fully saturated rings. The summed E-state index contributed by atoms with van der Waals surface area (Å²) in [7, 11) is 0. The van der Waals surface area contributed by atoms with Crippen LogP contribution < -0.4 is 0 Å². The van der Waals surface area contributed by atoms with Gasteiger partial charge in [-0.2, -0.15) is 4.79 Å². The second-order valence-corrected chi connectivity index (χ2v) is 3.43. The molecule has 0 aliphatic heterocycles. The van der Waals surface area contributed by atoms with Crippen LogP contribution in [0.4, 0.5) is 0 Å². The van der Waals surface area contributed by atoms with E-state index in [2.05, 4.69) is 4.79 Å². The van der Waals surface area contributed by atoms with Gasteiger partial charge in [0.15, 0.2) is 0 Å². The van der Waals surface area contributed by atoms with Crippen molar-refractivity contribution in [2.75, 3.05) is 6.61 Å². The smallest absolute Gasteiger partial charge is 0.417 e. The number of nitrogens with zero attached hydrogens (tertiary/aromatic N) is 2. The first-order valence-electron chi connectivity index (χ1n) is 5.11. The van der Waals surface area contributed by atoms with E-state index in [4.69, 9.17) is 10.3 Å². The molecule has 4 nitrogen and oxygen atoms in total. The summed E-state index contributed by atoms with van der Waals surface area (Å²) in [5, 5.41) is 0. The number of hydrogen-bond acceptors (Lipinski definition) is 2. The number of carbonyl (C=O) groups excluding carboxylic acids is 1. The molecule has 0 aliphatic rings. The third-order valence-electron chi connectivity index (χ3n) is 2.12. The van der Waals surface area contributed by atoms with Gasteiger partial charge >= 0.3 is 11.7 Å². The molecule has 0 saturated carbocycles. The van der Waals surface area contributed by atoms with Crippen molar-refractivity contribution in [3.63, 3.8) is 0 Å². The number of hydrogen-bond donors (Lipinski definition) is 0. The molecule has 0 radical (unpaired) electrons. The van der Waals surface area contributed by atoms with Gasteiger partial charge in [0.05, 0.1) is 13.0 Å². The van der Waals surface area contributed by atoms with E-state index in [-0.39, 0.29) is 18.7 Å². The van der Waals surface area contributed by atoms with Gasteiger partial charge in [0.2, 0.25) is 0 Å². The minimum atomic E-state index is -0.578. The van der Waals surface area contributed by atoms with E-state index in [0.717, 1.165) is 11.1 Å². The van der Waals surface area contributed by atoms with Crippen LogP contribution in [0.5, 0.6) is 0 Å². The predicted molar refractivity (Wildman–Crippen MR) is 60.1 cm³/mol. The third-order valence-corrected chi connectivity index (χ3v) is 2.12. The summed E-state index contributed by atoms with van der Waals surface area (Å²) in [4.78, 5) is 14.3. The average molecular weight is 218 g/mol. The van der Waals surface area contributed by atoms with E-state index in [0.29, 0.717) is 0 Å². The lowest BCUT2D eigenvalue weighted by Gasteiger charge is -1.99. The van der Waals surface area contributed by atoms with Gasteiger partial charge < -0.3 is 10.3 Å². The number of esters is 1. The van der Waals surface area contributed by atoms with E-state index < -0.39 is 5.97 Å². The Kier molecular flexibility index (Phi) is 4.42. The second kappa shape index (κ2) is 5.83. The Morgan fingerprint density at radius 3 is 2.50 bits per heavy atom. The van der Waals surface area contributed by atoms with Gasteiger partial charge in [0.25, 0.3) is 0 Å². The molecule has 1 aromatic rings. The van der Waals surface area contributed by atoms with Crippen LogP contribution in [-0.2, 0) is 16.0 Å². The maximum Gasteiger partial charge on any atom is 0.417 e. The summed E-state index contributed by atoms with van der Waals surface area (Å²) >= 11 is 0. The van der Waals surface area contributed by atoms with Crippen LogP contribution >= 0.6 is 0 Å². The van der Waals surface area contributed by atoms with Gasteiger partial charge in [0, 0.05) is 0 Å². The lowest BCUT2D eigenvalue weighted by Crippen LogP contribution is -2.20. The first-order valence-corrected chi connectivity index (χ1v) is 5.11. The van der Waals surface area contributed by atoms with Crippen LogP contribution in [0.1, 0.15) is 18.1 Å². The Morgan fingerprint density at radius 2 is 2.00 bits per heavy atom. The molecule has 0 spiro atoms. The summed E-state index contributed by atoms with van der Waals surface area (Å²) in [6.45, 7) is 3.96. The molecule has 0 unspecified atom stereocenters. The van der Waals surface area contributed by atoms with Gasteiger partial charge in [-0.1, -0.05) is 29.8 Å². The van der Waals surface area contributed by atoms with Crippen molar-refractivity contribution in [1.29, 1.82) is 0 Å². The summed E-state index contributed by atoms with van der Waals surface area (Å²) in [5.41, 5.74) is 10.8. The fraction of sp³-hybridized carbons (Fsp3) is 0.333. The quantitative estimate of drug-likeness (QED) is 0.334. The van der Waals surface area contributed by atoms with E-state index in [1.807, 2.05) is 31.2 Å². The molecule has 0 aromatic heterocycles. The molecule has 0 aliphatic carbocycles. The zero-order valence-electron chi connectivity index (χ0n) is 9.43. The van der Waals surface area contributed by atoms with Crippen LogP contribution in [0, 0.1) is 6.92 Å². The highest BCUT2D eigenvalue weighted by Gasteiger charge is 2.21. The van der Waals surface area contributed by atoms with Crippen molar-refractivity contribution in [1.82, 2.24) is 0 Å². The maximum absolute atomic E-state index is 11.3. The summed E-state index contributed by atoms with van der Waals surface area (Å²) in [6, 6.07) is 7.66. The van der Waals surface area contributed by atoms with Crippen LogP contribution in [0.25, 0.3) is 5.53 Å². The Balaban J connectivity index is 2.75. The predicted octanol–water partition coefficient (Wildman–Crippen LogP) is 1.77. The summed E-state index contributed by atoms with van der Waals surface area (Å²) in [5.74, 6) is -0.578. The van der Waals surface area contributed by atoms with E-state index in [9.17, 15) is 4.79 Å². The van der Waals surface area contributed by atoms with Gasteiger partial charge in [-0.3, -0.25) is 0 Å². The van der Waals surface area contributed by atoms with E-state index in [1.165, 1.54) is 0 Å². The van der Waals surface area contributed by atoms with Crippen molar-refractivity contribution < 1.29 is 14.3 Å². The SMILES string of the molecule is CCOC(=O)C(Cc1ccc(C)cc1)=[N+]=[N-]. The Labute approximate surface area is 94.5 Å². The van der Waals surface area contributed by atoms with Crippen LogP contribution in [0.3, 0.4) is 0 Å². The molecule has 0 amide bonds. The Hall–Kier alpha value is -1.93. The molecule has 84 valence electrons. The number of benzene rings is 1. The monoisotopic (exact) mass is 218 g/mol. The second-order valence-electron chi connectivity index (χ2n) is 3.43. The van der Waals surface area contributed by atoms with E-state index in [1.54, 1.807) is 6.92 Å². The third kappa shape index (κ3) is 3.33. The molecule has 0 atom stereocenters. The first-order chi connectivity index (χ1) is 7.67. The number of aryl methyl sites for hydroxylation is 1. The topological polar surface area (TPSA) is 62.7 Å². The van der Waals surface area contributed by atoms with Gasteiger partial charge in [-0.05, 0) is 19.4 Å². The molecular weight excluding hydrogens is 204 g/mol. The van der Waals surface area contributed by atoms with Crippen molar-refractivity contribution in [3.8, 4) is 0 Å². The normalized spacial score (nSPS) is 9.38. The van der Waals surface area contributed by atoms with E-state index >= 15 is 0 Å². The fourth-order valence-electron chi connectivity index (χ4n) is 1.26. The van der Waals surface area contributed by atoms with Crippen molar-refractivity contribution in [2.24, 2.45) is 0 Å². The molecule has 1 rings (SSSR count). The number of rotatable bonds is 4. The highest BCUT2D eigenvalue weighted by molar-refractivity contribution is 6.34. The summed E-state index contributed by atoms with van der Waals surface area (Å²) in [6.07, 6.45) is 0.273. The van der Waals surface area contributed by atoms with Crippen molar-refractivity contribution in [3.05, 3.63) is 40.9 Å². The van der Waals surface area contributed by atoms with Crippen LogP contribution in [0.2, 0.25) is 0 Å². The standard InChI is InChI=1S/C12H14N2O2/c1-3-16-12(15)11(14-13)8-10-6-4-9(2)5-7-10/h4-7H,3,8H2,1-2H3. The maximum atomic E-state index is 11.3. The lowest BCUT2D eigenvalue weighted by molar-refractivity contribution is -0.140. The Bertz CT molecular complexity index is 417. The zero-order valence-corrected chi connectivity index (χ0v) is 9.43. The molecular formula is C12H14N2O2. The van der Waals surface area contributed by atoms with Gasteiger partial charge in [0.1, 0.15) is 0 Å². The molecule has 0 N–H and O–H groups in total. The van der Waals surface area contributed by atoms with Gasteiger partial charge in [-0.15, -0.1) is 0 Å². The zero-order chi connectivity index (χ0) is 12.0. The van der Waals surface area contributed by atoms with Crippen LogP contribution in [-0.4, -0.2) is 23.1 Å². The summed E-state index contributed by atoms with van der Waals surface area (Å²) < 4.78 is 4.76. The number of carbonyl (C=O) groups is 1. The largest absolute Gasteiger partial charge is 0.457 e. The minimum Gasteiger partial charge on any atom is -0.457 e. The van der Waals surface area contributed by atoms with Gasteiger partial charge in [-0.25, -0.2) is 4.79 Å². The lowest BCUT2D eigenvalue weighted by atomic mass is 10.1. The van der Waals surface area contributed by atoms with Crippen LogP contribution in [0.15, 0.2) is 24.3 Å². The molecule has 4 heteroatoms. The van der Waals surface area contributed by atoms with Crippen molar-refractivity contribution in [2.45, 2.75) is 20.3 Å². The molecule has 0 bridgehead atoms. The fourth-order valence-corrected chi connectivity index (χ4v) is 1.26. The minimum absolute atomic E-state index is 0.0192. The highest BCUT2D eigenvalue weighted by Crippen LogP contribution is 2.04. The number of ether oxygens (including phenoxy) is 1. The molecule has 0 saturated heterocycles. The highest BCUT2D eigenvalue weighted by atomic mass is 16.5. The first kappa shape index (κ1) is 12.1. The molecule has 0 heterocycles. The average Bonchev–Trinajstić information content (AvgIpc) is 2.28. The Morgan fingerprint density at radius 1 is 1.38 bits per heavy atom. The molecule has 1 aromatic carbocycles. The van der Waals surface area contributed by atoms with Crippen molar-refractivity contribution >= 4 is 11.7 Å².